The van der Waals surface area contributed by atoms with Crippen molar-refractivity contribution < 1.29 is 22.3 Å². The highest BCUT2D eigenvalue weighted by atomic mass is 32.2. The van der Waals surface area contributed by atoms with Crippen molar-refractivity contribution >= 4 is 15.9 Å². The van der Waals surface area contributed by atoms with Gasteiger partial charge in [-0.05, 0) is 17.7 Å². The van der Waals surface area contributed by atoms with E-state index in [1.807, 2.05) is 0 Å². The van der Waals surface area contributed by atoms with Crippen LogP contribution < -0.4 is 0 Å². The number of carbonyl (C=O) groups is 1. The van der Waals surface area contributed by atoms with Crippen molar-refractivity contribution in [3.05, 3.63) is 35.6 Å². The lowest BCUT2D eigenvalue weighted by Gasteiger charge is -2.36. The van der Waals surface area contributed by atoms with Gasteiger partial charge in [0.15, 0.2) is 0 Å². The minimum absolute atomic E-state index is 0.0556. The third kappa shape index (κ3) is 2.99. The summed E-state index contributed by atoms with van der Waals surface area (Å²) in [6, 6.07) is 5.62. The van der Waals surface area contributed by atoms with E-state index in [0.29, 0.717) is 6.54 Å². The first-order valence-electron chi connectivity index (χ1n) is 6.95. The fourth-order valence-corrected chi connectivity index (χ4v) is 3.74. The van der Waals surface area contributed by atoms with E-state index in [4.69, 9.17) is 4.74 Å². The maximum Gasteiger partial charge on any atom is 0.249 e. The highest BCUT2D eigenvalue weighted by Gasteiger charge is 2.45. The maximum atomic E-state index is 13.0. The summed E-state index contributed by atoms with van der Waals surface area (Å²) >= 11 is 0. The quantitative estimate of drug-likeness (QED) is 0.795. The minimum atomic E-state index is -3.31. The van der Waals surface area contributed by atoms with Crippen molar-refractivity contribution in [2.75, 3.05) is 26.0 Å². The van der Waals surface area contributed by atoms with E-state index >= 15 is 0 Å². The molecule has 0 bridgehead atoms. The molecule has 0 spiro atoms. The Morgan fingerprint density at radius 2 is 1.95 bits per heavy atom. The Labute approximate surface area is 128 Å². The topological polar surface area (TPSA) is 66.9 Å². The number of ether oxygens (including phenoxy) is 1. The Morgan fingerprint density at radius 1 is 1.27 bits per heavy atom. The molecule has 0 unspecified atom stereocenters. The van der Waals surface area contributed by atoms with Crippen LogP contribution in [0.1, 0.15) is 5.56 Å². The third-order valence-electron chi connectivity index (χ3n) is 4.08. The minimum Gasteiger partial charge on any atom is -0.365 e. The van der Waals surface area contributed by atoms with Crippen LogP contribution in [0.4, 0.5) is 4.39 Å². The van der Waals surface area contributed by atoms with Gasteiger partial charge in [-0.25, -0.2) is 12.8 Å². The Kier molecular flexibility index (Phi) is 3.92. The molecule has 1 aromatic carbocycles. The molecule has 8 heteroatoms. The van der Waals surface area contributed by atoms with E-state index in [1.165, 1.54) is 16.4 Å². The second-order valence-corrected chi connectivity index (χ2v) is 7.63. The monoisotopic (exact) mass is 328 g/mol. The van der Waals surface area contributed by atoms with Crippen molar-refractivity contribution in [3.8, 4) is 0 Å². The van der Waals surface area contributed by atoms with Crippen LogP contribution in [-0.2, 0) is 26.1 Å². The molecule has 2 aliphatic heterocycles. The van der Waals surface area contributed by atoms with E-state index in [1.54, 1.807) is 17.0 Å². The summed E-state index contributed by atoms with van der Waals surface area (Å²) < 4.78 is 43.1. The molecular weight excluding hydrogens is 311 g/mol. The fourth-order valence-electron chi connectivity index (χ4n) is 2.90. The van der Waals surface area contributed by atoms with Gasteiger partial charge in [0.1, 0.15) is 12.4 Å². The smallest absolute Gasteiger partial charge is 0.249 e. The molecule has 0 aromatic heterocycles. The average molecular weight is 328 g/mol. The number of morpholine rings is 1. The van der Waals surface area contributed by atoms with Crippen molar-refractivity contribution in [1.82, 2.24) is 9.21 Å². The SMILES string of the molecule is CS(=O)(=O)N1C[C@@H]2OCC(=O)N(Cc3ccc(F)cc3)[C@@H]2C1. The molecule has 2 fully saturated rings. The number of rotatable bonds is 3. The first-order valence-corrected chi connectivity index (χ1v) is 8.80. The number of sulfonamides is 1. The molecule has 2 heterocycles. The lowest BCUT2D eigenvalue weighted by molar-refractivity contribution is -0.153. The number of hydrogen-bond donors (Lipinski definition) is 0. The van der Waals surface area contributed by atoms with Gasteiger partial charge in [0.2, 0.25) is 15.9 Å². The van der Waals surface area contributed by atoms with Crippen LogP contribution in [0.3, 0.4) is 0 Å². The number of benzene rings is 1. The van der Waals surface area contributed by atoms with Crippen LogP contribution in [0.25, 0.3) is 0 Å². The zero-order valence-electron chi connectivity index (χ0n) is 12.1. The molecule has 2 aliphatic rings. The Morgan fingerprint density at radius 3 is 2.59 bits per heavy atom. The summed E-state index contributed by atoms with van der Waals surface area (Å²) in [4.78, 5) is 13.8. The molecular formula is C14H17FN2O4S. The summed E-state index contributed by atoms with van der Waals surface area (Å²) in [5.74, 6) is -0.514. The Bertz CT molecular complexity index is 677. The van der Waals surface area contributed by atoms with Gasteiger partial charge < -0.3 is 9.64 Å². The predicted octanol–water partition coefficient (Wildman–Crippen LogP) is 0.197. The van der Waals surface area contributed by atoms with Crippen LogP contribution in [0.15, 0.2) is 24.3 Å². The molecule has 0 aliphatic carbocycles. The number of carbonyl (C=O) groups excluding carboxylic acids is 1. The van der Waals surface area contributed by atoms with Crippen molar-refractivity contribution in [1.29, 1.82) is 0 Å². The molecule has 6 nitrogen and oxygen atoms in total. The van der Waals surface area contributed by atoms with Crippen LogP contribution >= 0.6 is 0 Å². The second kappa shape index (κ2) is 5.60. The first-order chi connectivity index (χ1) is 10.3. The van der Waals surface area contributed by atoms with Gasteiger partial charge in [0, 0.05) is 19.6 Å². The predicted molar refractivity (Wildman–Crippen MR) is 76.9 cm³/mol. The highest BCUT2D eigenvalue weighted by molar-refractivity contribution is 7.88. The summed E-state index contributed by atoms with van der Waals surface area (Å²) in [6.45, 7) is 0.758. The van der Waals surface area contributed by atoms with Gasteiger partial charge in [0.05, 0.1) is 18.4 Å². The standard InChI is InChI=1S/C14H17FN2O4S/c1-22(19,20)16-7-12-13(8-16)21-9-14(18)17(12)6-10-2-4-11(15)5-3-10/h2-5,12-13H,6-9H2,1H3/t12-,13+/m1/s1. The molecule has 120 valence electrons. The van der Waals surface area contributed by atoms with E-state index < -0.39 is 10.0 Å². The number of amides is 1. The van der Waals surface area contributed by atoms with Gasteiger partial charge in [-0.1, -0.05) is 12.1 Å². The van der Waals surface area contributed by atoms with Crippen LogP contribution in [0.2, 0.25) is 0 Å². The highest BCUT2D eigenvalue weighted by Crippen LogP contribution is 2.26. The third-order valence-corrected chi connectivity index (χ3v) is 5.32. The number of fused-ring (bicyclic) bond motifs is 1. The summed E-state index contributed by atoms with van der Waals surface area (Å²) in [5, 5.41) is 0. The Balaban J connectivity index is 1.80. The number of hydrogen-bond acceptors (Lipinski definition) is 4. The summed E-state index contributed by atoms with van der Waals surface area (Å²) in [6.07, 6.45) is 0.837. The van der Waals surface area contributed by atoms with Crippen molar-refractivity contribution in [3.63, 3.8) is 0 Å². The molecule has 1 amide bonds. The van der Waals surface area contributed by atoms with Crippen molar-refractivity contribution in [2.45, 2.75) is 18.7 Å². The second-order valence-electron chi connectivity index (χ2n) is 5.64. The molecule has 0 N–H and O–H groups in total. The summed E-state index contributed by atoms with van der Waals surface area (Å²) in [7, 11) is -3.31. The van der Waals surface area contributed by atoms with E-state index in [2.05, 4.69) is 0 Å². The normalized spacial score (nSPS) is 26.3. The van der Waals surface area contributed by atoms with E-state index in [-0.39, 0.29) is 43.6 Å². The average Bonchev–Trinajstić information content (AvgIpc) is 2.89. The molecule has 1 aromatic rings. The summed E-state index contributed by atoms with van der Waals surface area (Å²) in [5.41, 5.74) is 0.799. The van der Waals surface area contributed by atoms with Crippen LogP contribution in [-0.4, -0.2) is 61.6 Å². The van der Waals surface area contributed by atoms with E-state index in [9.17, 15) is 17.6 Å². The molecule has 2 atom stereocenters. The van der Waals surface area contributed by atoms with Gasteiger partial charge >= 0.3 is 0 Å². The number of nitrogens with zero attached hydrogens (tertiary/aromatic N) is 2. The fraction of sp³-hybridized carbons (Fsp3) is 0.500. The lowest BCUT2D eigenvalue weighted by Crippen LogP contribution is -2.53. The Hall–Kier alpha value is -1.51. The maximum absolute atomic E-state index is 13.0. The molecule has 3 rings (SSSR count). The van der Waals surface area contributed by atoms with Gasteiger partial charge in [-0.2, -0.15) is 4.31 Å². The lowest BCUT2D eigenvalue weighted by atomic mass is 10.1. The molecule has 0 radical (unpaired) electrons. The zero-order valence-corrected chi connectivity index (χ0v) is 12.9. The first kappa shape index (κ1) is 15.4. The van der Waals surface area contributed by atoms with Crippen molar-refractivity contribution in [2.24, 2.45) is 0 Å². The van der Waals surface area contributed by atoms with Gasteiger partial charge in [-0.15, -0.1) is 0 Å². The zero-order chi connectivity index (χ0) is 15.9. The van der Waals surface area contributed by atoms with Crippen LogP contribution in [0, 0.1) is 5.82 Å². The number of halogens is 1. The van der Waals surface area contributed by atoms with E-state index in [0.717, 1.165) is 11.8 Å². The largest absolute Gasteiger partial charge is 0.365 e. The van der Waals surface area contributed by atoms with Crippen LogP contribution in [0.5, 0.6) is 0 Å². The molecule has 22 heavy (non-hydrogen) atoms. The van der Waals surface area contributed by atoms with Gasteiger partial charge in [0.25, 0.3) is 0 Å². The van der Waals surface area contributed by atoms with Gasteiger partial charge in [-0.3, -0.25) is 4.79 Å². The molecule has 0 saturated carbocycles. The molecule has 2 saturated heterocycles.